The van der Waals surface area contributed by atoms with Gasteiger partial charge in [0.1, 0.15) is 0 Å². The molecule has 1 saturated carbocycles. The molecule has 0 spiro atoms. The molecule has 2 N–H and O–H groups in total. The molecular formula is C21H32N2O. The normalized spacial score (nSPS) is 25.7. The SMILES string of the molecule is Cc1ccc(CC2CC(N)CN(C(=O)C3CCCCC3)C2)cc1C. The minimum absolute atomic E-state index is 0.128. The Morgan fingerprint density at radius 3 is 2.58 bits per heavy atom. The van der Waals surface area contributed by atoms with Crippen LogP contribution in [0.3, 0.4) is 0 Å². The monoisotopic (exact) mass is 328 g/mol. The maximum atomic E-state index is 12.9. The fourth-order valence-corrected chi connectivity index (χ4v) is 4.45. The lowest BCUT2D eigenvalue weighted by atomic mass is 9.85. The van der Waals surface area contributed by atoms with Crippen LogP contribution in [0.5, 0.6) is 0 Å². The lowest BCUT2D eigenvalue weighted by Gasteiger charge is -2.39. The molecule has 1 heterocycles. The molecule has 2 aliphatic rings. The highest BCUT2D eigenvalue weighted by molar-refractivity contribution is 5.79. The quantitative estimate of drug-likeness (QED) is 0.921. The van der Waals surface area contributed by atoms with Crippen molar-refractivity contribution in [2.24, 2.45) is 17.6 Å². The zero-order valence-corrected chi connectivity index (χ0v) is 15.3. The van der Waals surface area contributed by atoms with Crippen LogP contribution < -0.4 is 5.73 Å². The van der Waals surface area contributed by atoms with Gasteiger partial charge >= 0.3 is 0 Å². The Labute approximate surface area is 146 Å². The van der Waals surface area contributed by atoms with Crippen molar-refractivity contribution in [2.45, 2.75) is 64.8 Å². The number of amides is 1. The molecule has 1 aliphatic heterocycles. The van der Waals surface area contributed by atoms with Crippen molar-refractivity contribution < 1.29 is 4.79 Å². The number of likely N-dealkylation sites (tertiary alicyclic amines) is 1. The van der Waals surface area contributed by atoms with E-state index in [0.717, 1.165) is 38.8 Å². The summed E-state index contributed by atoms with van der Waals surface area (Å²) in [6, 6.07) is 6.86. The second kappa shape index (κ2) is 7.69. The standard InChI is InChI=1S/C21H32N2O/c1-15-8-9-17(10-16(15)2)11-18-12-20(22)14-23(13-18)21(24)19-6-4-3-5-7-19/h8-10,18-20H,3-7,11-14,22H2,1-2H3. The number of benzene rings is 1. The van der Waals surface area contributed by atoms with Gasteiger partial charge in [0.15, 0.2) is 0 Å². The van der Waals surface area contributed by atoms with Gasteiger partial charge in [0, 0.05) is 25.0 Å². The lowest BCUT2D eigenvalue weighted by Crippen LogP contribution is -2.51. The lowest BCUT2D eigenvalue weighted by molar-refractivity contribution is -0.138. The molecule has 3 heteroatoms. The van der Waals surface area contributed by atoms with Crippen LogP contribution in [0.25, 0.3) is 0 Å². The van der Waals surface area contributed by atoms with E-state index in [0.29, 0.717) is 11.8 Å². The summed E-state index contributed by atoms with van der Waals surface area (Å²) in [6.07, 6.45) is 7.92. The average Bonchev–Trinajstić information content (AvgIpc) is 2.58. The average molecular weight is 329 g/mol. The third-order valence-corrected chi connectivity index (χ3v) is 5.93. The van der Waals surface area contributed by atoms with Crippen LogP contribution >= 0.6 is 0 Å². The Hall–Kier alpha value is -1.35. The van der Waals surface area contributed by atoms with Crippen molar-refractivity contribution in [2.75, 3.05) is 13.1 Å². The number of piperidine rings is 1. The van der Waals surface area contributed by atoms with Crippen LogP contribution in [-0.4, -0.2) is 29.9 Å². The topological polar surface area (TPSA) is 46.3 Å². The first-order valence-corrected chi connectivity index (χ1v) is 9.63. The summed E-state index contributed by atoms with van der Waals surface area (Å²) in [6.45, 7) is 5.96. The number of rotatable bonds is 3. The summed E-state index contributed by atoms with van der Waals surface area (Å²) in [5.41, 5.74) is 10.4. The van der Waals surface area contributed by atoms with Gasteiger partial charge < -0.3 is 10.6 Å². The number of nitrogens with zero attached hydrogens (tertiary/aromatic N) is 1. The molecule has 1 saturated heterocycles. The Morgan fingerprint density at radius 1 is 1.12 bits per heavy atom. The smallest absolute Gasteiger partial charge is 0.225 e. The maximum Gasteiger partial charge on any atom is 0.225 e. The maximum absolute atomic E-state index is 12.9. The summed E-state index contributed by atoms with van der Waals surface area (Å²) in [4.78, 5) is 14.9. The van der Waals surface area contributed by atoms with Crippen LogP contribution in [0, 0.1) is 25.7 Å². The van der Waals surface area contributed by atoms with E-state index in [9.17, 15) is 4.79 Å². The van der Waals surface area contributed by atoms with Gasteiger partial charge in [0.25, 0.3) is 0 Å². The van der Waals surface area contributed by atoms with Gasteiger partial charge in [-0.25, -0.2) is 0 Å². The van der Waals surface area contributed by atoms with E-state index < -0.39 is 0 Å². The van der Waals surface area contributed by atoms with Gasteiger partial charge in [-0.15, -0.1) is 0 Å². The third kappa shape index (κ3) is 4.18. The van der Waals surface area contributed by atoms with E-state index in [1.165, 1.54) is 36.0 Å². The van der Waals surface area contributed by atoms with Crippen molar-refractivity contribution in [1.82, 2.24) is 4.90 Å². The number of hydrogen-bond acceptors (Lipinski definition) is 2. The van der Waals surface area contributed by atoms with Gasteiger partial charge in [-0.05, 0) is 62.1 Å². The van der Waals surface area contributed by atoms with Crippen LogP contribution in [0.15, 0.2) is 18.2 Å². The molecule has 3 rings (SSSR count). The molecule has 1 aliphatic carbocycles. The van der Waals surface area contributed by atoms with E-state index in [1.54, 1.807) is 0 Å². The van der Waals surface area contributed by atoms with Crippen molar-refractivity contribution in [3.63, 3.8) is 0 Å². The second-order valence-electron chi connectivity index (χ2n) is 8.06. The molecule has 2 atom stereocenters. The van der Waals surface area contributed by atoms with Gasteiger partial charge in [0.2, 0.25) is 5.91 Å². The van der Waals surface area contributed by atoms with E-state index in [1.807, 2.05) is 0 Å². The molecular weight excluding hydrogens is 296 g/mol. The van der Waals surface area contributed by atoms with E-state index in [-0.39, 0.29) is 12.0 Å². The largest absolute Gasteiger partial charge is 0.341 e. The van der Waals surface area contributed by atoms with E-state index >= 15 is 0 Å². The molecule has 1 aromatic rings. The molecule has 0 radical (unpaired) electrons. The number of hydrogen-bond donors (Lipinski definition) is 1. The first-order chi connectivity index (χ1) is 11.5. The Kier molecular flexibility index (Phi) is 5.60. The zero-order valence-electron chi connectivity index (χ0n) is 15.3. The highest BCUT2D eigenvalue weighted by Gasteiger charge is 2.32. The molecule has 2 fully saturated rings. The number of nitrogens with two attached hydrogens (primary N) is 1. The molecule has 1 amide bonds. The van der Waals surface area contributed by atoms with Gasteiger partial charge in [-0.1, -0.05) is 37.5 Å². The number of aryl methyl sites for hydroxylation is 2. The van der Waals surface area contributed by atoms with Gasteiger partial charge in [-0.3, -0.25) is 4.79 Å². The van der Waals surface area contributed by atoms with Crippen LogP contribution in [0.2, 0.25) is 0 Å². The molecule has 24 heavy (non-hydrogen) atoms. The molecule has 2 unspecified atom stereocenters. The third-order valence-electron chi connectivity index (χ3n) is 5.93. The number of carbonyl (C=O) groups is 1. The fraction of sp³-hybridized carbons (Fsp3) is 0.667. The predicted octanol–water partition coefficient (Wildman–Crippen LogP) is 3.60. The summed E-state index contributed by atoms with van der Waals surface area (Å²) < 4.78 is 0. The van der Waals surface area contributed by atoms with Gasteiger partial charge in [-0.2, -0.15) is 0 Å². The zero-order chi connectivity index (χ0) is 17.1. The van der Waals surface area contributed by atoms with Crippen LogP contribution in [-0.2, 0) is 11.2 Å². The summed E-state index contributed by atoms with van der Waals surface area (Å²) in [5.74, 6) is 1.12. The number of carbonyl (C=O) groups excluding carboxylic acids is 1. The Bertz CT molecular complexity index is 577. The van der Waals surface area contributed by atoms with Crippen molar-refractivity contribution in [3.05, 3.63) is 34.9 Å². The molecule has 0 bridgehead atoms. The Balaban J connectivity index is 1.64. The van der Waals surface area contributed by atoms with Crippen molar-refractivity contribution >= 4 is 5.91 Å². The highest BCUT2D eigenvalue weighted by Crippen LogP contribution is 2.28. The first-order valence-electron chi connectivity index (χ1n) is 9.63. The first kappa shape index (κ1) is 17.5. The fourth-order valence-electron chi connectivity index (χ4n) is 4.45. The van der Waals surface area contributed by atoms with E-state index in [2.05, 4.69) is 36.9 Å². The highest BCUT2D eigenvalue weighted by atomic mass is 16.2. The minimum Gasteiger partial charge on any atom is -0.341 e. The minimum atomic E-state index is 0.128. The predicted molar refractivity (Wildman–Crippen MR) is 98.9 cm³/mol. The Morgan fingerprint density at radius 2 is 1.88 bits per heavy atom. The van der Waals surface area contributed by atoms with Crippen LogP contribution in [0.1, 0.15) is 55.2 Å². The van der Waals surface area contributed by atoms with Crippen molar-refractivity contribution in [1.29, 1.82) is 0 Å². The van der Waals surface area contributed by atoms with Crippen LogP contribution in [0.4, 0.5) is 0 Å². The van der Waals surface area contributed by atoms with Crippen molar-refractivity contribution in [3.8, 4) is 0 Å². The molecule has 132 valence electrons. The van der Waals surface area contributed by atoms with E-state index in [4.69, 9.17) is 5.73 Å². The molecule has 0 aromatic heterocycles. The molecule has 1 aromatic carbocycles. The molecule has 3 nitrogen and oxygen atoms in total. The summed E-state index contributed by atoms with van der Waals surface area (Å²) in [7, 11) is 0. The summed E-state index contributed by atoms with van der Waals surface area (Å²) in [5, 5.41) is 0. The van der Waals surface area contributed by atoms with Gasteiger partial charge in [0.05, 0.1) is 0 Å². The second-order valence-corrected chi connectivity index (χ2v) is 8.06. The summed E-state index contributed by atoms with van der Waals surface area (Å²) >= 11 is 0.